The Hall–Kier alpha value is -3.41. The highest BCUT2D eigenvalue weighted by Crippen LogP contribution is 2.22. The zero-order valence-electron chi connectivity index (χ0n) is 12.9. The maximum atomic E-state index is 12.2. The molecule has 2 heterocycles. The molecule has 0 radical (unpaired) electrons. The summed E-state index contributed by atoms with van der Waals surface area (Å²) in [6.07, 6.45) is 3.15. The Morgan fingerprint density at radius 3 is 2.71 bits per heavy atom. The summed E-state index contributed by atoms with van der Waals surface area (Å²) < 4.78 is 5.63. The molecule has 0 unspecified atom stereocenters. The number of ether oxygens (including phenoxy) is 1. The molecule has 0 aliphatic rings. The summed E-state index contributed by atoms with van der Waals surface area (Å²) in [4.78, 5) is 30.4. The maximum Gasteiger partial charge on any atom is 0.272 e. The highest BCUT2D eigenvalue weighted by Gasteiger charge is 2.11. The van der Waals surface area contributed by atoms with Gasteiger partial charge < -0.3 is 15.0 Å². The second-order valence-corrected chi connectivity index (χ2v) is 5.11. The number of H-pyrrole nitrogens is 1. The third-order valence-corrected chi connectivity index (χ3v) is 3.29. The second-order valence-electron chi connectivity index (χ2n) is 5.11. The topological polar surface area (TPSA) is 84.1 Å². The van der Waals surface area contributed by atoms with Gasteiger partial charge in [0.15, 0.2) is 5.78 Å². The van der Waals surface area contributed by atoms with Crippen LogP contribution >= 0.6 is 0 Å². The maximum absolute atomic E-state index is 12.2. The SMILES string of the molecule is CC(=O)c1c[nH]c(C(=O)Nc2cccc(Oc3ccccn3)c2)c1. The Balaban J connectivity index is 1.71. The summed E-state index contributed by atoms with van der Waals surface area (Å²) in [7, 11) is 0. The van der Waals surface area contributed by atoms with Gasteiger partial charge in [-0.25, -0.2) is 4.98 Å². The van der Waals surface area contributed by atoms with Gasteiger partial charge in [-0.2, -0.15) is 0 Å². The zero-order valence-corrected chi connectivity index (χ0v) is 12.9. The fraction of sp³-hybridized carbons (Fsp3) is 0.0556. The average molecular weight is 321 g/mol. The van der Waals surface area contributed by atoms with E-state index in [0.29, 0.717) is 28.6 Å². The highest BCUT2D eigenvalue weighted by molar-refractivity contribution is 6.05. The molecule has 6 nitrogen and oxygen atoms in total. The van der Waals surface area contributed by atoms with Crippen LogP contribution in [0.3, 0.4) is 0 Å². The van der Waals surface area contributed by atoms with Gasteiger partial charge in [-0.15, -0.1) is 0 Å². The number of anilines is 1. The third-order valence-electron chi connectivity index (χ3n) is 3.29. The number of amides is 1. The first kappa shape index (κ1) is 15.5. The van der Waals surface area contributed by atoms with Gasteiger partial charge in [0.2, 0.25) is 5.88 Å². The molecule has 0 fully saturated rings. The van der Waals surface area contributed by atoms with Gasteiger partial charge in [-0.3, -0.25) is 9.59 Å². The molecule has 3 aromatic rings. The molecule has 2 N–H and O–H groups in total. The lowest BCUT2D eigenvalue weighted by Crippen LogP contribution is -2.12. The van der Waals surface area contributed by atoms with E-state index in [4.69, 9.17) is 4.74 Å². The lowest BCUT2D eigenvalue weighted by molar-refractivity contribution is 0.101. The number of hydrogen-bond acceptors (Lipinski definition) is 4. The Labute approximate surface area is 138 Å². The predicted octanol–water partition coefficient (Wildman–Crippen LogP) is 3.66. The number of ketones is 1. The standard InChI is InChI=1S/C18H15N3O3/c1-12(22)13-9-16(20-11-13)18(23)21-14-5-4-6-15(10-14)24-17-7-2-3-8-19-17/h2-11,20H,1H3,(H,21,23). The van der Waals surface area contributed by atoms with E-state index in [1.165, 1.54) is 19.2 Å². The fourth-order valence-electron chi connectivity index (χ4n) is 2.09. The first-order valence-electron chi connectivity index (χ1n) is 7.31. The number of benzene rings is 1. The van der Waals surface area contributed by atoms with Crippen LogP contribution in [-0.2, 0) is 0 Å². The Morgan fingerprint density at radius 2 is 2.00 bits per heavy atom. The van der Waals surface area contributed by atoms with Crippen molar-refractivity contribution < 1.29 is 14.3 Å². The molecule has 0 aliphatic heterocycles. The van der Waals surface area contributed by atoms with E-state index in [0.717, 1.165) is 0 Å². The van der Waals surface area contributed by atoms with E-state index in [9.17, 15) is 9.59 Å². The number of nitrogens with zero attached hydrogens (tertiary/aromatic N) is 1. The number of carbonyl (C=O) groups excluding carboxylic acids is 2. The van der Waals surface area contributed by atoms with E-state index in [2.05, 4.69) is 15.3 Å². The molecule has 1 amide bonds. The van der Waals surface area contributed by atoms with Crippen molar-refractivity contribution in [3.05, 3.63) is 72.2 Å². The molecular formula is C18H15N3O3. The molecule has 1 aromatic carbocycles. The first-order chi connectivity index (χ1) is 11.6. The number of hydrogen-bond donors (Lipinski definition) is 2. The van der Waals surface area contributed by atoms with Gasteiger partial charge >= 0.3 is 0 Å². The van der Waals surface area contributed by atoms with Crippen molar-refractivity contribution in [3.63, 3.8) is 0 Å². The fourth-order valence-corrected chi connectivity index (χ4v) is 2.09. The Kier molecular flexibility index (Phi) is 4.38. The molecule has 0 saturated heterocycles. The number of Topliss-reactive ketones (excluding diaryl/α,β-unsaturated/α-hetero) is 1. The lowest BCUT2D eigenvalue weighted by atomic mass is 10.2. The van der Waals surface area contributed by atoms with E-state index in [1.807, 2.05) is 6.07 Å². The summed E-state index contributed by atoms with van der Waals surface area (Å²) >= 11 is 0. The molecule has 24 heavy (non-hydrogen) atoms. The number of nitrogens with one attached hydrogen (secondary N) is 2. The number of aromatic nitrogens is 2. The molecule has 0 bridgehead atoms. The number of pyridine rings is 1. The average Bonchev–Trinajstić information content (AvgIpc) is 3.06. The van der Waals surface area contributed by atoms with Crippen molar-refractivity contribution in [3.8, 4) is 11.6 Å². The Morgan fingerprint density at radius 1 is 1.12 bits per heavy atom. The van der Waals surface area contributed by atoms with Crippen LogP contribution in [0, 0.1) is 0 Å². The van der Waals surface area contributed by atoms with Gasteiger partial charge in [0.05, 0.1) is 0 Å². The quantitative estimate of drug-likeness (QED) is 0.702. The van der Waals surface area contributed by atoms with Crippen molar-refractivity contribution in [1.29, 1.82) is 0 Å². The highest BCUT2D eigenvalue weighted by atomic mass is 16.5. The van der Waals surface area contributed by atoms with E-state index in [1.54, 1.807) is 42.6 Å². The Bertz CT molecular complexity index is 872. The largest absolute Gasteiger partial charge is 0.439 e. The predicted molar refractivity (Wildman–Crippen MR) is 89.5 cm³/mol. The van der Waals surface area contributed by atoms with Crippen molar-refractivity contribution >= 4 is 17.4 Å². The summed E-state index contributed by atoms with van der Waals surface area (Å²) in [6, 6.07) is 13.9. The minimum absolute atomic E-state index is 0.101. The summed E-state index contributed by atoms with van der Waals surface area (Å²) in [5.74, 6) is 0.590. The molecular weight excluding hydrogens is 306 g/mol. The number of aromatic amines is 1. The van der Waals surface area contributed by atoms with E-state index < -0.39 is 0 Å². The first-order valence-corrected chi connectivity index (χ1v) is 7.31. The third kappa shape index (κ3) is 3.67. The molecule has 0 saturated carbocycles. The van der Waals surface area contributed by atoms with Crippen molar-refractivity contribution in [2.24, 2.45) is 0 Å². The van der Waals surface area contributed by atoms with Crippen LogP contribution in [0.2, 0.25) is 0 Å². The molecule has 6 heteroatoms. The summed E-state index contributed by atoms with van der Waals surface area (Å²) in [5, 5.41) is 2.75. The van der Waals surface area contributed by atoms with Crippen LogP contribution in [0.25, 0.3) is 0 Å². The molecule has 0 spiro atoms. The monoisotopic (exact) mass is 321 g/mol. The van der Waals surface area contributed by atoms with Gasteiger partial charge in [-0.05, 0) is 31.2 Å². The van der Waals surface area contributed by atoms with Gasteiger partial charge in [0, 0.05) is 35.8 Å². The number of rotatable bonds is 5. The van der Waals surface area contributed by atoms with Crippen LogP contribution < -0.4 is 10.1 Å². The minimum atomic E-state index is -0.336. The van der Waals surface area contributed by atoms with Crippen LogP contribution in [-0.4, -0.2) is 21.7 Å². The second kappa shape index (κ2) is 6.78. The van der Waals surface area contributed by atoms with Gasteiger partial charge in [0.25, 0.3) is 5.91 Å². The van der Waals surface area contributed by atoms with Gasteiger partial charge in [-0.1, -0.05) is 12.1 Å². The smallest absolute Gasteiger partial charge is 0.272 e. The van der Waals surface area contributed by atoms with Crippen molar-refractivity contribution in [2.45, 2.75) is 6.92 Å². The van der Waals surface area contributed by atoms with Crippen molar-refractivity contribution in [1.82, 2.24) is 9.97 Å². The van der Waals surface area contributed by atoms with E-state index in [-0.39, 0.29) is 11.7 Å². The normalized spacial score (nSPS) is 10.2. The summed E-state index contributed by atoms with van der Waals surface area (Å²) in [5.41, 5.74) is 1.36. The van der Waals surface area contributed by atoms with Crippen LogP contribution in [0.1, 0.15) is 27.8 Å². The van der Waals surface area contributed by atoms with Gasteiger partial charge in [0.1, 0.15) is 11.4 Å². The molecule has 120 valence electrons. The molecule has 0 aliphatic carbocycles. The lowest BCUT2D eigenvalue weighted by Gasteiger charge is -2.07. The molecule has 3 rings (SSSR count). The minimum Gasteiger partial charge on any atom is -0.439 e. The number of carbonyl (C=O) groups is 2. The van der Waals surface area contributed by atoms with E-state index >= 15 is 0 Å². The zero-order chi connectivity index (χ0) is 16.9. The van der Waals surface area contributed by atoms with Crippen LogP contribution in [0.5, 0.6) is 11.6 Å². The van der Waals surface area contributed by atoms with Crippen molar-refractivity contribution in [2.75, 3.05) is 5.32 Å². The summed E-state index contributed by atoms with van der Waals surface area (Å²) in [6.45, 7) is 1.45. The molecule has 0 atom stereocenters. The van der Waals surface area contributed by atoms with Crippen LogP contribution in [0.4, 0.5) is 5.69 Å². The van der Waals surface area contributed by atoms with Crippen LogP contribution in [0.15, 0.2) is 60.9 Å². The molecule has 2 aromatic heterocycles.